The van der Waals surface area contributed by atoms with Crippen LogP contribution in [0.1, 0.15) is 17.5 Å². The van der Waals surface area contributed by atoms with Gasteiger partial charge in [0.15, 0.2) is 0 Å². The van der Waals surface area contributed by atoms with Gasteiger partial charge in [0, 0.05) is 16.9 Å². The Morgan fingerprint density at radius 1 is 1.21 bits per heavy atom. The van der Waals surface area contributed by atoms with E-state index in [9.17, 15) is 23.2 Å². The molecule has 3 aromatic rings. The van der Waals surface area contributed by atoms with E-state index >= 15 is 0 Å². The van der Waals surface area contributed by atoms with Crippen molar-refractivity contribution in [2.75, 3.05) is 0 Å². The van der Waals surface area contributed by atoms with Gasteiger partial charge in [-0.25, -0.2) is 0 Å². The predicted octanol–water partition coefficient (Wildman–Crippen LogP) is 4.25. The smallest absolute Gasteiger partial charge is 0.262 e. The van der Waals surface area contributed by atoms with Crippen molar-refractivity contribution >= 4 is 16.4 Å². The maximum absolute atomic E-state index is 12.7. The third-order valence-corrected chi connectivity index (χ3v) is 6.12. The number of nitrogens with zero attached hydrogens (tertiary/aromatic N) is 4. The van der Waals surface area contributed by atoms with Crippen molar-refractivity contribution in [2.24, 2.45) is 11.2 Å². The Labute approximate surface area is 167 Å². The number of rotatable bonds is 3. The zero-order chi connectivity index (χ0) is 21.2. The maximum atomic E-state index is 12.7. The van der Waals surface area contributed by atoms with E-state index in [0.29, 0.717) is 22.7 Å². The number of hydrogen-bond donors (Lipinski definition) is 0. The minimum absolute atomic E-state index is 0.0330. The molecule has 148 valence electrons. The van der Waals surface area contributed by atoms with E-state index in [1.54, 1.807) is 42.7 Å². The van der Waals surface area contributed by atoms with E-state index in [1.807, 2.05) is 19.1 Å². The Bertz CT molecular complexity index is 1170. The number of benzene rings is 2. The van der Waals surface area contributed by atoms with Gasteiger partial charge in [0.25, 0.3) is 5.01 Å². The quantitative estimate of drug-likeness (QED) is 0.598. The molecular weight excluding hydrogens is 401 g/mol. The lowest BCUT2D eigenvalue weighted by Crippen LogP contribution is -2.26. The molecule has 0 bridgehead atoms. The molecule has 5 nitrogen and oxygen atoms in total. The van der Waals surface area contributed by atoms with Crippen molar-refractivity contribution in [3.8, 4) is 22.9 Å². The minimum atomic E-state index is -5.04. The molecule has 1 aromatic heterocycles. The van der Waals surface area contributed by atoms with Crippen LogP contribution in [0, 0.1) is 11.3 Å². The monoisotopic (exact) mass is 417 g/mol. The highest BCUT2D eigenvalue weighted by Gasteiger charge is 2.40. The number of carbonyl (C=O) groups is 1. The maximum Gasteiger partial charge on any atom is 0.473 e. The number of carbonyl (C=O) groups excluding carboxylic acids is 1. The molecule has 0 N–H and O–H groups in total. The first kappa shape index (κ1) is 20.5. The molecule has 0 saturated heterocycles. The highest BCUT2D eigenvalue weighted by Crippen LogP contribution is 2.25. The number of nitriles is 1. The third-order valence-electron chi connectivity index (χ3n) is 4.23. The summed E-state index contributed by atoms with van der Waals surface area (Å²) in [5.41, 5.74) is 2.53. The Morgan fingerprint density at radius 2 is 1.86 bits per heavy atom. The summed E-state index contributed by atoms with van der Waals surface area (Å²) in [5.74, 6) is -2.15. The van der Waals surface area contributed by atoms with Crippen molar-refractivity contribution in [3.05, 3.63) is 63.9 Å². The Balaban J connectivity index is 2.11. The average molecular weight is 417 g/mol. The minimum Gasteiger partial charge on any atom is -0.262 e. The molecule has 0 aliphatic carbocycles. The van der Waals surface area contributed by atoms with Gasteiger partial charge in [-0.05, 0) is 29.3 Å². The normalized spacial score (nSPS) is 12.7. The van der Waals surface area contributed by atoms with Gasteiger partial charge in [-0.3, -0.25) is 4.79 Å². The van der Waals surface area contributed by atoms with Gasteiger partial charge in [-0.15, -0.1) is 10.1 Å². The molecule has 29 heavy (non-hydrogen) atoms. The van der Waals surface area contributed by atoms with Gasteiger partial charge in [0.1, 0.15) is 6.26 Å². The molecule has 0 spiro atoms. The molecule has 1 atom stereocenters. The molecule has 1 amide bonds. The van der Waals surface area contributed by atoms with Crippen LogP contribution in [0.25, 0.3) is 16.8 Å². The second kappa shape index (κ2) is 8.01. The van der Waals surface area contributed by atoms with Crippen molar-refractivity contribution in [1.29, 1.82) is 5.26 Å². The first-order valence-corrected chi connectivity index (χ1v) is 10.2. The topological polar surface area (TPSA) is 71.0 Å². The molecular formula is C20H16F3N4OS+. The number of aryl methyl sites for hydroxylation is 1. The van der Waals surface area contributed by atoms with Crippen LogP contribution >= 0.6 is 10.5 Å². The summed E-state index contributed by atoms with van der Waals surface area (Å²) in [7, 11) is -0.819. The van der Waals surface area contributed by atoms with Gasteiger partial charge in [0.05, 0.1) is 17.3 Å². The van der Waals surface area contributed by atoms with E-state index in [-0.39, 0.29) is 4.80 Å². The third kappa shape index (κ3) is 4.12. The first-order chi connectivity index (χ1) is 13.8. The first-order valence-electron chi connectivity index (χ1n) is 8.59. The predicted molar refractivity (Wildman–Crippen MR) is 103 cm³/mol. The fraction of sp³-hybridized carbons (Fsp3) is 0.200. The van der Waals surface area contributed by atoms with Crippen LogP contribution < -0.4 is 4.80 Å². The Morgan fingerprint density at radius 3 is 2.45 bits per heavy atom. The van der Waals surface area contributed by atoms with E-state index < -0.39 is 22.6 Å². The molecule has 1 unspecified atom stereocenters. The average Bonchev–Trinajstić information content (AvgIpc) is 3.03. The lowest BCUT2D eigenvalue weighted by molar-refractivity contribution is -0.169. The molecule has 0 radical (unpaired) electrons. The number of amides is 1. The van der Waals surface area contributed by atoms with Crippen LogP contribution in [-0.4, -0.2) is 21.9 Å². The highest BCUT2D eigenvalue weighted by molar-refractivity contribution is 7.27. The fourth-order valence-corrected chi connectivity index (χ4v) is 4.26. The van der Waals surface area contributed by atoms with E-state index in [4.69, 9.17) is 0 Å². The van der Waals surface area contributed by atoms with Crippen LogP contribution in [0.4, 0.5) is 13.2 Å². The highest BCUT2D eigenvalue weighted by atomic mass is 32.2. The molecule has 0 aliphatic heterocycles. The van der Waals surface area contributed by atoms with Gasteiger partial charge < -0.3 is 0 Å². The van der Waals surface area contributed by atoms with Crippen LogP contribution in [0.15, 0.2) is 53.5 Å². The standard InChI is InChI=1S/C20H16F3N4OS/c1-3-17-26-27(19(29(17)2)25-18(28)20(21,22)23)15-10-8-13(9-11-15)16-7-5-4-6-14(16)12-24/h4-11H,3H2,1-2H3/q+1. The van der Waals surface area contributed by atoms with Crippen LogP contribution in [0.3, 0.4) is 0 Å². The Kier molecular flexibility index (Phi) is 5.66. The molecule has 3 rings (SSSR count). The number of halogens is 3. The van der Waals surface area contributed by atoms with Crippen molar-refractivity contribution in [2.45, 2.75) is 19.5 Å². The van der Waals surface area contributed by atoms with Gasteiger partial charge in [0.2, 0.25) is 0 Å². The molecule has 0 saturated carbocycles. The lowest BCUT2D eigenvalue weighted by atomic mass is 10.0. The van der Waals surface area contributed by atoms with Gasteiger partial charge in [-0.2, -0.15) is 23.1 Å². The van der Waals surface area contributed by atoms with Crippen molar-refractivity contribution in [3.63, 3.8) is 0 Å². The summed E-state index contributed by atoms with van der Waals surface area (Å²) in [4.78, 5) is 14.7. The second-order valence-electron chi connectivity index (χ2n) is 6.07. The largest absolute Gasteiger partial charge is 0.473 e. The van der Waals surface area contributed by atoms with Crippen molar-refractivity contribution in [1.82, 2.24) is 9.78 Å². The zero-order valence-electron chi connectivity index (χ0n) is 15.6. The van der Waals surface area contributed by atoms with E-state index in [2.05, 4.69) is 16.2 Å². The van der Waals surface area contributed by atoms with Gasteiger partial charge in [-0.1, -0.05) is 37.3 Å². The summed E-state index contributed by atoms with van der Waals surface area (Å²) < 4.78 is 39.4. The Hall–Kier alpha value is -3.25. The fourth-order valence-electron chi connectivity index (χ4n) is 2.79. The van der Waals surface area contributed by atoms with Crippen LogP contribution in [-0.2, 0) is 17.5 Å². The van der Waals surface area contributed by atoms with Gasteiger partial charge >= 0.3 is 16.9 Å². The SMILES string of the molecule is CCc1nn(-c2ccc(-c3ccccc3C#N)cc2)c(=NC(=O)C(F)(F)F)[s+]1C. The number of alkyl halides is 3. The zero-order valence-corrected chi connectivity index (χ0v) is 16.4. The number of aromatic nitrogens is 2. The van der Waals surface area contributed by atoms with Crippen LogP contribution in [0.2, 0.25) is 0 Å². The summed E-state index contributed by atoms with van der Waals surface area (Å²) in [5, 5.41) is 14.3. The van der Waals surface area contributed by atoms with Crippen LogP contribution in [0.5, 0.6) is 0 Å². The molecule has 9 heteroatoms. The summed E-state index contributed by atoms with van der Waals surface area (Å²) in [6.07, 6.45) is -2.81. The summed E-state index contributed by atoms with van der Waals surface area (Å²) in [6.45, 7) is 1.84. The molecule has 0 aliphatic rings. The summed E-state index contributed by atoms with van der Waals surface area (Å²) in [6, 6.07) is 16.1. The molecule has 2 aromatic carbocycles. The second-order valence-corrected chi connectivity index (χ2v) is 7.93. The summed E-state index contributed by atoms with van der Waals surface area (Å²) >= 11 is 0. The number of hydrogen-bond acceptors (Lipinski definition) is 3. The van der Waals surface area contributed by atoms with Crippen molar-refractivity contribution < 1.29 is 18.0 Å². The van der Waals surface area contributed by atoms with E-state index in [1.165, 1.54) is 4.68 Å². The lowest BCUT2D eigenvalue weighted by Gasteiger charge is -2.05. The molecule has 1 heterocycles. The molecule has 0 fully saturated rings. The van der Waals surface area contributed by atoms with E-state index in [0.717, 1.165) is 11.1 Å².